The molecule has 4 saturated carbocycles. The van der Waals surface area contributed by atoms with Crippen molar-refractivity contribution in [3.05, 3.63) is 70.8 Å². The number of epoxide rings is 1. The summed E-state index contributed by atoms with van der Waals surface area (Å²) in [4.78, 5) is 28.7. The fourth-order valence-corrected chi connectivity index (χ4v) is 14.6. The molecule has 0 radical (unpaired) electrons. The Hall–Kier alpha value is -3.00. The number of nitrogen functional groups attached to an aromatic ring is 1. The highest BCUT2D eigenvalue weighted by molar-refractivity contribution is 6.00. The lowest BCUT2D eigenvalue weighted by molar-refractivity contribution is -0.193. The predicted octanol–water partition coefficient (Wildman–Crippen LogP) is 8.66. The Kier molecular flexibility index (Phi) is 9.14. The van der Waals surface area contributed by atoms with Gasteiger partial charge >= 0.3 is 0 Å². The minimum atomic E-state index is -0.673. The van der Waals surface area contributed by atoms with Gasteiger partial charge in [0.1, 0.15) is 17.6 Å². The van der Waals surface area contributed by atoms with E-state index in [1.165, 1.54) is 11.1 Å². The first-order valence-electron chi connectivity index (χ1n) is 20.9. The van der Waals surface area contributed by atoms with E-state index in [1.54, 1.807) is 12.1 Å². The molecule has 7 nitrogen and oxygen atoms in total. The molecule has 5 fully saturated rings. The second kappa shape index (κ2) is 13.0. The third-order valence-corrected chi connectivity index (χ3v) is 16.9. The summed E-state index contributed by atoms with van der Waals surface area (Å²) in [7, 11) is 0. The second-order valence-electron chi connectivity index (χ2n) is 19.8. The Morgan fingerprint density at radius 2 is 1.69 bits per heavy atom. The minimum Gasteiger partial charge on any atom is -0.508 e. The van der Waals surface area contributed by atoms with Gasteiger partial charge in [-0.3, -0.25) is 9.59 Å². The van der Waals surface area contributed by atoms with Crippen molar-refractivity contribution in [1.82, 2.24) is 0 Å². The van der Waals surface area contributed by atoms with Crippen molar-refractivity contribution in [2.24, 2.45) is 45.3 Å². The molecule has 8 rings (SSSR count). The lowest BCUT2D eigenvalue weighted by Gasteiger charge is -2.69. The molecular formula is C47H63NO6. The van der Waals surface area contributed by atoms with Crippen LogP contribution in [0.3, 0.4) is 0 Å². The zero-order valence-electron chi connectivity index (χ0n) is 33.4. The number of benzene rings is 2. The molecule has 12 atom stereocenters. The highest BCUT2D eigenvalue weighted by Crippen LogP contribution is 2.76. The Bertz CT molecular complexity index is 1870. The first-order chi connectivity index (χ1) is 25.5. The molecule has 1 heterocycles. The largest absolute Gasteiger partial charge is 0.508 e. The van der Waals surface area contributed by atoms with Crippen molar-refractivity contribution in [2.75, 3.05) is 12.3 Å². The van der Waals surface area contributed by atoms with Gasteiger partial charge in [0.15, 0.2) is 5.78 Å². The number of phenols is 1. The SMILES string of the molecule is C[C@H](C[C@@H](O)[C@@H]1O[C@]1(C)[C@H]1CCC[C@@H]1c1cccc(N)c1)C1=C2CC[C@H]3[C@@]4(C)C[C@H](c5cccc(O)c5)C(=O)C(C)(C)[C@@H]4CC[C@]3(CCO)[C@@]2(C)CC1=O. The number of Topliss-reactive ketones (excluding diaryl/α,β-unsaturated/α-hetero) is 2. The van der Waals surface area contributed by atoms with Gasteiger partial charge in [-0.15, -0.1) is 0 Å². The van der Waals surface area contributed by atoms with Crippen LogP contribution in [-0.4, -0.2) is 51.3 Å². The number of rotatable bonds is 9. The molecule has 0 bridgehead atoms. The third kappa shape index (κ3) is 5.44. The van der Waals surface area contributed by atoms with E-state index in [0.29, 0.717) is 37.5 Å². The summed E-state index contributed by atoms with van der Waals surface area (Å²) in [5.41, 5.74) is 9.42. The monoisotopic (exact) mass is 737 g/mol. The van der Waals surface area contributed by atoms with Gasteiger partial charge in [-0.2, -0.15) is 0 Å². The Balaban J connectivity index is 1.07. The van der Waals surface area contributed by atoms with E-state index in [1.807, 2.05) is 24.3 Å². The molecule has 5 N–H and O–H groups in total. The van der Waals surface area contributed by atoms with Crippen LogP contribution < -0.4 is 5.73 Å². The minimum absolute atomic E-state index is 0.0611. The summed E-state index contributed by atoms with van der Waals surface area (Å²) >= 11 is 0. The van der Waals surface area contributed by atoms with Gasteiger partial charge in [0, 0.05) is 35.5 Å². The maximum atomic E-state index is 14.4. The molecule has 0 aromatic heterocycles. The molecule has 2 aromatic rings. The van der Waals surface area contributed by atoms with Gasteiger partial charge in [-0.05, 0) is 146 Å². The molecule has 0 unspecified atom stereocenters. The van der Waals surface area contributed by atoms with Crippen LogP contribution in [0, 0.1) is 45.3 Å². The summed E-state index contributed by atoms with van der Waals surface area (Å²) in [5.74, 6) is 1.29. The highest BCUT2D eigenvalue weighted by atomic mass is 16.6. The number of hydrogen-bond acceptors (Lipinski definition) is 7. The number of hydrogen-bond donors (Lipinski definition) is 4. The van der Waals surface area contributed by atoms with E-state index in [9.17, 15) is 24.9 Å². The average Bonchev–Trinajstić information content (AvgIpc) is 3.42. The zero-order chi connectivity index (χ0) is 38.6. The molecule has 5 aliphatic carbocycles. The number of allylic oxidation sites excluding steroid dienone is 2. The molecule has 6 aliphatic rings. The lowest BCUT2D eigenvalue weighted by Crippen LogP contribution is -2.64. The van der Waals surface area contributed by atoms with E-state index in [-0.39, 0.29) is 64.5 Å². The summed E-state index contributed by atoms with van der Waals surface area (Å²) < 4.78 is 6.45. The first kappa shape index (κ1) is 37.9. The maximum absolute atomic E-state index is 14.4. The molecule has 0 spiro atoms. The maximum Gasteiger partial charge on any atom is 0.159 e. The number of ether oxygens (including phenoxy) is 1. The number of anilines is 1. The van der Waals surface area contributed by atoms with Crippen LogP contribution in [0.1, 0.15) is 135 Å². The number of phenolic OH excluding ortho intramolecular Hbond substituents is 1. The first-order valence-corrected chi connectivity index (χ1v) is 20.9. The van der Waals surface area contributed by atoms with Crippen molar-refractivity contribution >= 4 is 17.3 Å². The number of fused-ring (bicyclic) bond motifs is 5. The van der Waals surface area contributed by atoms with Gasteiger partial charge in [0.05, 0.1) is 11.7 Å². The number of ketones is 2. The summed E-state index contributed by atoms with van der Waals surface area (Å²) in [6, 6.07) is 15.4. The van der Waals surface area contributed by atoms with Crippen LogP contribution in [-0.2, 0) is 14.3 Å². The summed E-state index contributed by atoms with van der Waals surface area (Å²) in [6.45, 7) is 13.3. The smallest absolute Gasteiger partial charge is 0.159 e. The van der Waals surface area contributed by atoms with Gasteiger partial charge in [-0.25, -0.2) is 0 Å². The fourth-order valence-electron chi connectivity index (χ4n) is 14.6. The number of aliphatic hydroxyl groups excluding tert-OH is 2. The highest BCUT2D eigenvalue weighted by Gasteiger charge is 2.70. The van der Waals surface area contributed by atoms with Crippen LogP contribution in [0.2, 0.25) is 0 Å². The zero-order valence-corrected chi connectivity index (χ0v) is 33.4. The summed E-state index contributed by atoms with van der Waals surface area (Å²) in [6.07, 6.45) is 8.12. The fraction of sp³-hybridized carbons (Fsp3) is 0.660. The van der Waals surface area contributed by atoms with E-state index < -0.39 is 22.5 Å². The normalized spacial score (nSPS) is 40.9. The number of nitrogens with two attached hydrogens (primary N) is 1. The third-order valence-electron chi connectivity index (χ3n) is 16.9. The Morgan fingerprint density at radius 1 is 0.944 bits per heavy atom. The van der Waals surface area contributed by atoms with Crippen molar-refractivity contribution in [3.8, 4) is 5.75 Å². The van der Waals surface area contributed by atoms with Gasteiger partial charge in [0.2, 0.25) is 0 Å². The number of carbonyl (C=O) groups excluding carboxylic acids is 2. The van der Waals surface area contributed by atoms with Crippen molar-refractivity contribution < 1.29 is 29.6 Å². The summed E-state index contributed by atoms with van der Waals surface area (Å²) in [5, 5.41) is 33.0. The van der Waals surface area contributed by atoms with Crippen molar-refractivity contribution in [2.45, 2.75) is 142 Å². The van der Waals surface area contributed by atoms with Crippen molar-refractivity contribution in [3.63, 3.8) is 0 Å². The second-order valence-corrected chi connectivity index (χ2v) is 19.8. The van der Waals surface area contributed by atoms with Crippen molar-refractivity contribution in [1.29, 1.82) is 0 Å². The Labute approximate surface area is 322 Å². The number of aromatic hydroxyl groups is 1. The Morgan fingerprint density at radius 3 is 2.41 bits per heavy atom. The number of aliphatic hydroxyl groups is 2. The molecular weight excluding hydrogens is 675 g/mol. The molecule has 54 heavy (non-hydrogen) atoms. The van der Waals surface area contributed by atoms with E-state index in [4.69, 9.17) is 10.5 Å². The van der Waals surface area contributed by atoms with E-state index >= 15 is 0 Å². The van der Waals surface area contributed by atoms with Gasteiger partial charge < -0.3 is 25.8 Å². The molecule has 2 aromatic carbocycles. The standard InChI is InChI=1S/C47H63NO6/c1-27(22-36(51)42-46(6,54-42)34-15-9-14-32(34)28-10-7-12-30(48)23-28)40-35-16-17-39-44(4)25-33(29-11-8-13-31(50)24-29)41(53)43(2,3)38(44)18-19-47(39,20-21-49)45(35,5)26-37(40)52/h7-8,10-13,23-24,27,32-34,36,38-39,42,49-51H,9,14-22,25-26,48H2,1-6H3/t27-,32-,33-,34+,36-,38+,39+,42+,44+,45+,46-,47-/m1/s1. The lowest BCUT2D eigenvalue weighted by atomic mass is 9.34. The van der Waals surface area contributed by atoms with E-state index in [2.05, 4.69) is 53.7 Å². The van der Waals surface area contributed by atoms with Gasteiger partial charge in [0.25, 0.3) is 0 Å². The topological polar surface area (TPSA) is 133 Å². The molecule has 292 valence electrons. The van der Waals surface area contributed by atoms with E-state index in [0.717, 1.165) is 61.8 Å². The van der Waals surface area contributed by atoms with Crippen LogP contribution >= 0.6 is 0 Å². The number of carbonyl (C=O) groups is 2. The molecule has 7 heteroatoms. The van der Waals surface area contributed by atoms with Gasteiger partial charge in [-0.1, -0.05) is 70.9 Å². The quantitative estimate of drug-likeness (QED) is 0.150. The molecule has 0 amide bonds. The van der Waals surface area contributed by atoms with Crippen LogP contribution in [0.25, 0.3) is 0 Å². The van der Waals surface area contributed by atoms with Crippen LogP contribution in [0.5, 0.6) is 5.75 Å². The molecule has 1 saturated heterocycles. The molecule has 1 aliphatic heterocycles. The predicted molar refractivity (Wildman–Crippen MR) is 211 cm³/mol. The van der Waals surface area contributed by atoms with Crippen LogP contribution in [0.15, 0.2) is 59.7 Å². The average molecular weight is 738 g/mol. The van der Waals surface area contributed by atoms with Crippen LogP contribution in [0.4, 0.5) is 5.69 Å².